The fourth-order valence-electron chi connectivity index (χ4n) is 4.04. The summed E-state index contributed by atoms with van der Waals surface area (Å²) in [5.41, 5.74) is 0. The summed E-state index contributed by atoms with van der Waals surface area (Å²) in [5.74, 6) is 0. The zero-order chi connectivity index (χ0) is 20.8. The minimum absolute atomic E-state index is 0.00602. The van der Waals surface area contributed by atoms with Crippen LogP contribution in [0, 0.1) is 0 Å². The van der Waals surface area contributed by atoms with Crippen LogP contribution in [0.4, 0.5) is 0 Å². The Kier molecular flexibility index (Phi) is 14.4. The van der Waals surface area contributed by atoms with Gasteiger partial charge in [0.1, 0.15) is 12.5 Å². The summed E-state index contributed by atoms with van der Waals surface area (Å²) >= 11 is 0. The Morgan fingerprint density at radius 3 is 1.29 bits per heavy atom. The molecular weight excluding hydrogens is 356 g/mol. The molecule has 6 heteroatoms. The molecule has 0 aromatic rings. The SMILES string of the molecule is CCCN(CCC)C(O)COC1CCCCC1OCC(O)N(CCC)CCC. The molecule has 1 fully saturated rings. The van der Waals surface area contributed by atoms with E-state index < -0.39 is 12.5 Å². The van der Waals surface area contributed by atoms with Gasteiger partial charge < -0.3 is 19.7 Å². The second-order valence-corrected chi connectivity index (χ2v) is 8.06. The number of hydrogen-bond donors (Lipinski definition) is 2. The van der Waals surface area contributed by atoms with Crippen LogP contribution in [0.15, 0.2) is 0 Å². The smallest absolute Gasteiger partial charge is 0.131 e. The Morgan fingerprint density at radius 1 is 0.679 bits per heavy atom. The lowest BCUT2D eigenvalue weighted by atomic mass is 9.94. The van der Waals surface area contributed by atoms with Crippen LogP contribution in [0.1, 0.15) is 79.1 Å². The van der Waals surface area contributed by atoms with Gasteiger partial charge in [0, 0.05) is 26.2 Å². The van der Waals surface area contributed by atoms with Crippen molar-refractivity contribution in [1.29, 1.82) is 0 Å². The molecule has 0 heterocycles. The van der Waals surface area contributed by atoms with Gasteiger partial charge in [0.15, 0.2) is 0 Å². The van der Waals surface area contributed by atoms with Gasteiger partial charge >= 0.3 is 0 Å². The first-order valence-corrected chi connectivity index (χ1v) is 11.6. The van der Waals surface area contributed by atoms with Gasteiger partial charge in [-0.1, -0.05) is 40.5 Å². The number of rotatable bonds is 16. The lowest BCUT2D eigenvalue weighted by Crippen LogP contribution is -2.45. The molecule has 0 saturated heterocycles. The Bertz CT molecular complexity index is 326. The van der Waals surface area contributed by atoms with E-state index in [1.807, 2.05) is 0 Å². The summed E-state index contributed by atoms with van der Waals surface area (Å²) in [7, 11) is 0. The van der Waals surface area contributed by atoms with Gasteiger partial charge in [-0.05, 0) is 38.5 Å². The summed E-state index contributed by atoms with van der Waals surface area (Å²) in [6, 6.07) is 0. The largest absolute Gasteiger partial charge is 0.376 e. The van der Waals surface area contributed by atoms with Gasteiger partial charge in [-0.15, -0.1) is 0 Å². The Labute approximate surface area is 173 Å². The lowest BCUT2D eigenvalue weighted by Gasteiger charge is -2.35. The molecule has 1 aliphatic rings. The average Bonchev–Trinajstić information content (AvgIpc) is 2.70. The van der Waals surface area contributed by atoms with Crippen molar-refractivity contribution in [1.82, 2.24) is 9.80 Å². The topological polar surface area (TPSA) is 65.4 Å². The van der Waals surface area contributed by atoms with E-state index in [2.05, 4.69) is 37.5 Å². The van der Waals surface area contributed by atoms with Crippen molar-refractivity contribution in [3.63, 3.8) is 0 Å². The fraction of sp³-hybridized carbons (Fsp3) is 1.00. The number of hydrogen-bond acceptors (Lipinski definition) is 6. The molecule has 0 aliphatic heterocycles. The molecule has 168 valence electrons. The average molecular weight is 403 g/mol. The van der Waals surface area contributed by atoms with Crippen molar-refractivity contribution < 1.29 is 19.7 Å². The fourth-order valence-corrected chi connectivity index (χ4v) is 4.04. The molecular formula is C22H46N2O4. The molecule has 0 bridgehead atoms. The molecule has 0 spiro atoms. The molecule has 0 amide bonds. The van der Waals surface area contributed by atoms with Crippen LogP contribution in [0.2, 0.25) is 0 Å². The first-order chi connectivity index (χ1) is 13.6. The molecule has 0 aromatic heterocycles. The summed E-state index contributed by atoms with van der Waals surface area (Å²) < 4.78 is 12.2. The number of aliphatic hydroxyl groups is 2. The van der Waals surface area contributed by atoms with E-state index in [9.17, 15) is 10.2 Å². The molecule has 1 rings (SSSR count). The van der Waals surface area contributed by atoms with Crippen molar-refractivity contribution in [2.75, 3.05) is 39.4 Å². The van der Waals surface area contributed by atoms with Crippen LogP contribution >= 0.6 is 0 Å². The second kappa shape index (κ2) is 15.6. The van der Waals surface area contributed by atoms with Crippen LogP contribution < -0.4 is 0 Å². The molecule has 4 unspecified atom stereocenters. The van der Waals surface area contributed by atoms with Crippen molar-refractivity contribution in [2.45, 2.75) is 104 Å². The van der Waals surface area contributed by atoms with E-state index in [1.54, 1.807) is 0 Å². The van der Waals surface area contributed by atoms with E-state index in [0.717, 1.165) is 77.5 Å². The Hall–Kier alpha value is -0.240. The van der Waals surface area contributed by atoms with Crippen LogP contribution in [-0.2, 0) is 9.47 Å². The predicted octanol–water partition coefficient (Wildman–Crippen LogP) is 3.21. The van der Waals surface area contributed by atoms with E-state index >= 15 is 0 Å². The maximum Gasteiger partial charge on any atom is 0.131 e. The van der Waals surface area contributed by atoms with Crippen molar-refractivity contribution in [3.8, 4) is 0 Å². The number of ether oxygens (including phenoxy) is 2. The molecule has 0 aromatic carbocycles. The number of aliphatic hydroxyl groups excluding tert-OH is 2. The predicted molar refractivity (Wildman–Crippen MR) is 114 cm³/mol. The van der Waals surface area contributed by atoms with Crippen molar-refractivity contribution in [3.05, 3.63) is 0 Å². The molecule has 1 saturated carbocycles. The highest BCUT2D eigenvalue weighted by Gasteiger charge is 2.29. The molecule has 6 nitrogen and oxygen atoms in total. The van der Waals surface area contributed by atoms with Crippen LogP contribution in [0.5, 0.6) is 0 Å². The van der Waals surface area contributed by atoms with Gasteiger partial charge in [0.05, 0.1) is 25.4 Å². The summed E-state index contributed by atoms with van der Waals surface area (Å²) in [5, 5.41) is 21.0. The minimum Gasteiger partial charge on any atom is -0.376 e. The molecule has 2 N–H and O–H groups in total. The summed E-state index contributed by atoms with van der Waals surface area (Å²) in [6.07, 6.45) is 7.18. The normalized spacial score (nSPS) is 22.7. The van der Waals surface area contributed by atoms with Gasteiger partial charge in [0.25, 0.3) is 0 Å². The van der Waals surface area contributed by atoms with Crippen LogP contribution in [0.25, 0.3) is 0 Å². The van der Waals surface area contributed by atoms with Crippen LogP contribution in [0.3, 0.4) is 0 Å². The monoisotopic (exact) mass is 402 g/mol. The highest BCUT2D eigenvalue weighted by molar-refractivity contribution is 4.78. The van der Waals surface area contributed by atoms with E-state index in [4.69, 9.17) is 9.47 Å². The third kappa shape index (κ3) is 9.51. The van der Waals surface area contributed by atoms with E-state index in [0.29, 0.717) is 13.2 Å². The third-order valence-corrected chi connectivity index (χ3v) is 5.45. The summed E-state index contributed by atoms with van der Waals surface area (Å²) in [4.78, 5) is 4.19. The zero-order valence-electron chi connectivity index (χ0n) is 18.8. The second-order valence-electron chi connectivity index (χ2n) is 8.06. The maximum atomic E-state index is 10.5. The molecule has 4 atom stereocenters. The molecule has 28 heavy (non-hydrogen) atoms. The highest BCUT2D eigenvalue weighted by atomic mass is 16.6. The number of nitrogens with zero attached hydrogens (tertiary/aromatic N) is 2. The standard InChI is InChI=1S/C22H46N2O4/c1-5-13-23(14-6-2)21(25)17-27-19-11-9-10-12-20(19)28-18-22(26)24(15-7-3)16-8-4/h19-22,25-26H,5-18H2,1-4H3. The van der Waals surface area contributed by atoms with Crippen LogP contribution in [-0.4, -0.2) is 84.1 Å². The highest BCUT2D eigenvalue weighted by Crippen LogP contribution is 2.24. The molecule has 0 radical (unpaired) electrons. The van der Waals surface area contributed by atoms with Crippen molar-refractivity contribution in [2.24, 2.45) is 0 Å². The maximum absolute atomic E-state index is 10.5. The van der Waals surface area contributed by atoms with Crippen molar-refractivity contribution >= 4 is 0 Å². The Balaban J connectivity index is 2.49. The lowest BCUT2D eigenvalue weighted by molar-refractivity contribution is -0.152. The van der Waals surface area contributed by atoms with Gasteiger partial charge in [-0.3, -0.25) is 9.80 Å². The first kappa shape index (κ1) is 25.8. The van der Waals surface area contributed by atoms with E-state index in [1.165, 1.54) is 0 Å². The first-order valence-electron chi connectivity index (χ1n) is 11.6. The van der Waals surface area contributed by atoms with Gasteiger partial charge in [-0.25, -0.2) is 0 Å². The Morgan fingerprint density at radius 2 is 1.00 bits per heavy atom. The molecule has 1 aliphatic carbocycles. The van der Waals surface area contributed by atoms with Gasteiger partial charge in [0.2, 0.25) is 0 Å². The van der Waals surface area contributed by atoms with E-state index in [-0.39, 0.29) is 12.2 Å². The third-order valence-electron chi connectivity index (χ3n) is 5.45. The quantitative estimate of drug-likeness (QED) is 0.387. The summed E-state index contributed by atoms with van der Waals surface area (Å²) in [6.45, 7) is 12.7. The zero-order valence-corrected chi connectivity index (χ0v) is 18.8. The minimum atomic E-state index is -0.558. The van der Waals surface area contributed by atoms with Gasteiger partial charge in [-0.2, -0.15) is 0 Å².